The van der Waals surface area contributed by atoms with Gasteiger partial charge in [-0.3, -0.25) is 14.5 Å². The van der Waals surface area contributed by atoms with Crippen LogP contribution in [0.3, 0.4) is 0 Å². The summed E-state index contributed by atoms with van der Waals surface area (Å²) in [5, 5.41) is 3.22. The summed E-state index contributed by atoms with van der Waals surface area (Å²) in [7, 11) is 0. The van der Waals surface area contributed by atoms with Crippen LogP contribution in [-0.2, 0) is 14.3 Å². The lowest BCUT2D eigenvalue weighted by molar-refractivity contribution is -0.137. The van der Waals surface area contributed by atoms with Gasteiger partial charge in [-0.15, -0.1) is 0 Å². The van der Waals surface area contributed by atoms with Gasteiger partial charge in [-0.05, 0) is 69.4 Å². The van der Waals surface area contributed by atoms with Gasteiger partial charge in [-0.1, -0.05) is 31.2 Å². The molecule has 0 unspecified atom stereocenters. The SMILES string of the molecule is CCCOc1cccc(NC2=C(c3ccc(C)c(C)c3)C(=O)N(CCCOC(C)C)C2=O)c1. The highest BCUT2D eigenvalue weighted by molar-refractivity contribution is 6.36. The first kappa shape index (κ1) is 24.5. The normalized spacial score (nSPS) is 13.9. The standard InChI is InChI=1S/C27H34N2O4/c1-6-14-33-23-10-7-9-22(17-23)28-25-24(21-12-11-19(4)20(5)16-21)26(30)29(27(25)31)13-8-15-32-18(2)3/h7,9-12,16-18,28H,6,8,13-15H2,1-5H3. The minimum absolute atomic E-state index is 0.110. The van der Waals surface area contributed by atoms with Crippen LogP contribution >= 0.6 is 0 Å². The molecular formula is C27H34N2O4. The zero-order valence-electron chi connectivity index (χ0n) is 20.2. The highest BCUT2D eigenvalue weighted by Crippen LogP contribution is 2.32. The molecule has 33 heavy (non-hydrogen) atoms. The molecule has 0 bridgehead atoms. The van der Waals surface area contributed by atoms with Crippen molar-refractivity contribution in [3.8, 4) is 5.75 Å². The summed E-state index contributed by atoms with van der Waals surface area (Å²) >= 11 is 0. The Morgan fingerprint density at radius 3 is 2.45 bits per heavy atom. The molecule has 1 aliphatic heterocycles. The summed E-state index contributed by atoms with van der Waals surface area (Å²) in [6.07, 6.45) is 1.60. The number of hydrogen-bond donors (Lipinski definition) is 1. The van der Waals surface area contributed by atoms with Crippen LogP contribution in [0.4, 0.5) is 5.69 Å². The predicted octanol–water partition coefficient (Wildman–Crippen LogP) is 5.10. The summed E-state index contributed by atoms with van der Waals surface area (Å²) in [4.78, 5) is 28.1. The molecule has 1 heterocycles. The van der Waals surface area contributed by atoms with Crippen LogP contribution in [0.5, 0.6) is 5.75 Å². The van der Waals surface area contributed by atoms with Crippen molar-refractivity contribution in [2.45, 2.75) is 53.6 Å². The maximum atomic E-state index is 13.4. The Hall–Kier alpha value is -3.12. The van der Waals surface area contributed by atoms with E-state index in [2.05, 4.69) is 5.32 Å². The number of carbonyl (C=O) groups is 2. The minimum atomic E-state index is -0.322. The van der Waals surface area contributed by atoms with Crippen LogP contribution in [0.25, 0.3) is 5.57 Å². The predicted molar refractivity (Wildman–Crippen MR) is 131 cm³/mol. The second-order valence-corrected chi connectivity index (χ2v) is 8.59. The molecule has 1 N–H and O–H groups in total. The first-order valence-electron chi connectivity index (χ1n) is 11.6. The molecule has 0 spiro atoms. The zero-order chi connectivity index (χ0) is 24.0. The number of nitrogens with zero attached hydrogens (tertiary/aromatic N) is 1. The summed E-state index contributed by atoms with van der Waals surface area (Å²) in [6, 6.07) is 13.3. The lowest BCUT2D eigenvalue weighted by atomic mass is 9.99. The first-order chi connectivity index (χ1) is 15.8. The average molecular weight is 451 g/mol. The van der Waals surface area contributed by atoms with Crippen molar-refractivity contribution in [2.75, 3.05) is 25.1 Å². The van der Waals surface area contributed by atoms with Gasteiger partial charge in [0.1, 0.15) is 11.4 Å². The molecule has 2 aromatic carbocycles. The fourth-order valence-electron chi connectivity index (χ4n) is 3.63. The Balaban J connectivity index is 1.92. The van der Waals surface area contributed by atoms with Crippen LogP contribution in [0, 0.1) is 13.8 Å². The Morgan fingerprint density at radius 1 is 0.970 bits per heavy atom. The van der Waals surface area contributed by atoms with Gasteiger partial charge in [0.05, 0.1) is 18.3 Å². The number of amides is 2. The van der Waals surface area contributed by atoms with Gasteiger partial charge in [-0.2, -0.15) is 0 Å². The number of hydrogen-bond acceptors (Lipinski definition) is 5. The highest BCUT2D eigenvalue weighted by Gasteiger charge is 2.39. The van der Waals surface area contributed by atoms with Crippen molar-refractivity contribution in [1.82, 2.24) is 4.90 Å². The third-order valence-electron chi connectivity index (χ3n) is 5.52. The van der Waals surface area contributed by atoms with E-state index >= 15 is 0 Å². The maximum Gasteiger partial charge on any atom is 0.278 e. The number of nitrogens with one attached hydrogen (secondary N) is 1. The molecule has 2 amide bonds. The molecule has 2 aromatic rings. The van der Waals surface area contributed by atoms with Crippen LogP contribution in [0.1, 0.15) is 50.3 Å². The van der Waals surface area contributed by atoms with Crippen molar-refractivity contribution in [3.05, 3.63) is 64.9 Å². The van der Waals surface area contributed by atoms with Crippen LogP contribution < -0.4 is 10.1 Å². The fourth-order valence-corrected chi connectivity index (χ4v) is 3.63. The number of benzene rings is 2. The van der Waals surface area contributed by atoms with Crippen molar-refractivity contribution >= 4 is 23.1 Å². The molecule has 6 heteroatoms. The van der Waals surface area contributed by atoms with Gasteiger partial charge in [0.15, 0.2) is 0 Å². The molecule has 0 fully saturated rings. The fraction of sp³-hybridized carbons (Fsp3) is 0.407. The van der Waals surface area contributed by atoms with Crippen LogP contribution in [0.2, 0.25) is 0 Å². The molecule has 0 aliphatic carbocycles. The molecule has 176 valence electrons. The van der Waals surface area contributed by atoms with Crippen LogP contribution in [0.15, 0.2) is 48.2 Å². The van der Waals surface area contributed by atoms with E-state index in [4.69, 9.17) is 9.47 Å². The number of aryl methyl sites for hydroxylation is 2. The van der Waals surface area contributed by atoms with Crippen LogP contribution in [-0.4, -0.2) is 42.6 Å². The van der Waals surface area contributed by atoms with E-state index < -0.39 is 0 Å². The third-order valence-corrected chi connectivity index (χ3v) is 5.52. The molecule has 1 aliphatic rings. The van der Waals surface area contributed by atoms with Gasteiger partial charge < -0.3 is 14.8 Å². The molecule has 6 nitrogen and oxygen atoms in total. The zero-order valence-corrected chi connectivity index (χ0v) is 20.2. The largest absolute Gasteiger partial charge is 0.494 e. The Bertz CT molecular complexity index is 1040. The summed E-state index contributed by atoms with van der Waals surface area (Å²) in [5.41, 5.74) is 4.32. The minimum Gasteiger partial charge on any atom is -0.494 e. The van der Waals surface area contributed by atoms with Gasteiger partial charge in [0.25, 0.3) is 11.8 Å². The van der Waals surface area contributed by atoms with Gasteiger partial charge >= 0.3 is 0 Å². The van der Waals surface area contributed by atoms with E-state index in [1.54, 1.807) is 0 Å². The third kappa shape index (κ3) is 6.02. The molecule has 0 saturated heterocycles. The molecule has 0 aromatic heterocycles. The Labute approximate surface area is 196 Å². The molecular weight excluding hydrogens is 416 g/mol. The number of rotatable bonds is 11. The highest BCUT2D eigenvalue weighted by atomic mass is 16.5. The number of anilines is 1. The van der Waals surface area contributed by atoms with E-state index in [1.165, 1.54) is 4.90 Å². The smallest absolute Gasteiger partial charge is 0.278 e. The second kappa shape index (κ2) is 11.1. The molecule has 0 saturated carbocycles. The first-order valence-corrected chi connectivity index (χ1v) is 11.6. The van der Waals surface area contributed by atoms with E-state index in [0.29, 0.717) is 43.1 Å². The summed E-state index contributed by atoms with van der Waals surface area (Å²) in [6.45, 7) is 11.4. The number of carbonyl (C=O) groups excluding carboxylic acids is 2. The summed E-state index contributed by atoms with van der Waals surface area (Å²) in [5.74, 6) is 0.112. The van der Waals surface area contributed by atoms with E-state index in [0.717, 1.165) is 28.9 Å². The number of ether oxygens (including phenoxy) is 2. The topological polar surface area (TPSA) is 67.9 Å². The van der Waals surface area contributed by atoms with Crippen molar-refractivity contribution < 1.29 is 19.1 Å². The average Bonchev–Trinajstić information content (AvgIpc) is 3.01. The van der Waals surface area contributed by atoms with Gasteiger partial charge in [0.2, 0.25) is 0 Å². The van der Waals surface area contributed by atoms with Crippen molar-refractivity contribution in [3.63, 3.8) is 0 Å². The van der Waals surface area contributed by atoms with Gasteiger partial charge in [0, 0.05) is 24.9 Å². The monoisotopic (exact) mass is 450 g/mol. The van der Waals surface area contributed by atoms with E-state index in [1.807, 2.05) is 77.1 Å². The van der Waals surface area contributed by atoms with Crippen molar-refractivity contribution in [1.29, 1.82) is 0 Å². The second-order valence-electron chi connectivity index (χ2n) is 8.59. The Kier molecular flexibility index (Phi) is 8.28. The molecule has 3 rings (SSSR count). The summed E-state index contributed by atoms with van der Waals surface area (Å²) < 4.78 is 11.3. The van der Waals surface area contributed by atoms with Gasteiger partial charge in [-0.25, -0.2) is 0 Å². The van der Waals surface area contributed by atoms with Crippen molar-refractivity contribution in [2.24, 2.45) is 0 Å². The number of imide groups is 1. The quantitative estimate of drug-likeness (QED) is 0.381. The maximum absolute atomic E-state index is 13.4. The Morgan fingerprint density at radius 2 is 1.76 bits per heavy atom. The lowest BCUT2D eigenvalue weighted by Gasteiger charge is -2.16. The van der Waals surface area contributed by atoms with E-state index in [-0.39, 0.29) is 17.9 Å². The molecule has 0 radical (unpaired) electrons. The van der Waals surface area contributed by atoms with E-state index in [9.17, 15) is 9.59 Å². The lowest BCUT2D eigenvalue weighted by Crippen LogP contribution is -2.34. The molecule has 0 atom stereocenters.